The number of methoxy groups -OCH3 is 1. The lowest BCUT2D eigenvalue weighted by Gasteiger charge is -2.28. The van der Waals surface area contributed by atoms with E-state index in [-0.39, 0.29) is 28.9 Å². The molecule has 200 valence electrons. The molecule has 0 N–H and O–H groups in total. The van der Waals surface area contributed by atoms with E-state index in [1.54, 1.807) is 0 Å². The van der Waals surface area contributed by atoms with Crippen LogP contribution in [0.4, 0.5) is 10.5 Å². The Bertz CT molecular complexity index is 1430. The Morgan fingerprint density at radius 3 is 2.55 bits per heavy atom. The van der Waals surface area contributed by atoms with Crippen molar-refractivity contribution < 1.29 is 41.4 Å². The monoisotopic (exact) mass is 563 g/mol. The molecular formula is C23H21N3O10S2. The number of nitrogens with zero attached hydrogens (tertiary/aromatic N) is 3. The Balaban J connectivity index is 1.53. The molecule has 2 heterocycles. The van der Waals surface area contributed by atoms with E-state index >= 15 is 0 Å². The summed E-state index contributed by atoms with van der Waals surface area (Å²) in [5.41, 5.74) is -0.270. The molecular weight excluding hydrogens is 542 g/mol. The number of morpholine rings is 1. The van der Waals surface area contributed by atoms with Gasteiger partial charge >= 0.3 is 10.1 Å². The molecule has 4 rings (SSSR count). The van der Waals surface area contributed by atoms with Crippen LogP contribution in [-0.4, -0.2) is 80.2 Å². The van der Waals surface area contributed by atoms with Gasteiger partial charge in [0.1, 0.15) is 6.54 Å². The molecule has 0 spiro atoms. The number of carbonyl (C=O) groups is 3. The zero-order valence-corrected chi connectivity index (χ0v) is 21.5. The number of rotatable bonds is 8. The highest BCUT2D eigenvalue weighted by molar-refractivity contribution is 8.18. The zero-order valence-electron chi connectivity index (χ0n) is 19.9. The smallest absolute Gasteiger partial charge is 0.346 e. The molecule has 38 heavy (non-hydrogen) atoms. The van der Waals surface area contributed by atoms with Crippen molar-refractivity contribution in [2.24, 2.45) is 0 Å². The first-order chi connectivity index (χ1) is 18.1. The number of imide groups is 1. The molecule has 3 amide bonds. The zero-order chi connectivity index (χ0) is 27.4. The van der Waals surface area contributed by atoms with Crippen LogP contribution in [0.15, 0.2) is 52.3 Å². The fourth-order valence-electron chi connectivity index (χ4n) is 3.66. The number of amides is 3. The maximum Gasteiger partial charge on any atom is 0.346 e. The van der Waals surface area contributed by atoms with Gasteiger partial charge in [-0.1, -0.05) is 18.2 Å². The number of carbonyl (C=O) groups excluding carboxylic acids is 3. The normalized spacial score (nSPS) is 17.1. The van der Waals surface area contributed by atoms with Gasteiger partial charge in [0.25, 0.3) is 16.8 Å². The van der Waals surface area contributed by atoms with E-state index in [1.807, 2.05) is 0 Å². The van der Waals surface area contributed by atoms with Crippen molar-refractivity contribution in [3.63, 3.8) is 0 Å². The van der Waals surface area contributed by atoms with Gasteiger partial charge in [0.15, 0.2) is 16.4 Å². The summed E-state index contributed by atoms with van der Waals surface area (Å²) in [7, 11) is -3.33. The summed E-state index contributed by atoms with van der Waals surface area (Å²) in [5, 5.41) is 10.6. The molecule has 2 saturated heterocycles. The third kappa shape index (κ3) is 5.79. The molecule has 0 bridgehead atoms. The second-order valence-corrected chi connectivity index (χ2v) is 10.4. The number of nitro benzene ring substituents is 1. The van der Waals surface area contributed by atoms with E-state index in [9.17, 15) is 32.9 Å². The largest absolute Gasteiger partial charge is 0.493 e. The van der Waals surface area contributed by atoms with Crippen molar-refractivity contribution in [2.45, 2.75) is 4.90 Å². The Labute approximate surface area is 221 Å². The van der Waals surface area contributed by atoms with E-state index in [1.165, 1.54) is 48.4 Å². The topological polar surface area (TPSA) is 163 Å². The highest BCUT2D eigenvalue weighted by atomic mass is 32.2. The van der Waals surface area contributed by atoms with Crippen LogP contribution >= 0.6 is 11.8 Å². The fraction of sp³-hybridized carbons (Fsp3) is 0.261. The van der Waals surface area contributed by atoms with E-state index in [2.05, 4.69) is 0 Å². The Morgan fingerprint density at radius 2 is 1.87 bits per heavy atom. The van der Waals surface area contributed by atoms with Crippen molar-refractivity contribution in [1.29, 1.82) is 0 Å². The van der Waals surface area contributed by atoms with Gasteiger partial charge in [-0.3, -0.25) is 29.4 Å². The van der Waals surface area contributed by atoms with Gasteiger partial charge < -0.3 is 18.6 Å². The number of benzene rings is 2. The quantitative estimate of drug-likeness (QED) is 0.200. The molecule has 0 aromatic heterocycles. The van der Waals surface area contributed by atoms with Crippen LogP contribution in [0.2, 0.25) is 0 Å². The van der Waals surface area contributed by atoms with Gasteiger partial charge in [0.2, 0.25) is 5.91 Å². The van der Waals surface area contributed by atoms with Gasteiger partial charge in [0.05, 0.1) is 30.2 Å². The van der Waals surface area contributed by atoms with E-state index in [4.69, 9.17) is 13.7 Å². The molecule has 0 saturated carbocycles. The maximum atomic E-state index is 12.8. The third-order valence-electron chi connectivity index (χ3n) is 5.55. The van der Waals surface area contributed by atoms with Crippen molar-refractivity contribution in [3.05, 3.63) is 63.0 Å². The summed E-state index contributed by atoms with van der Waals surface area (Å²) < 4.78 is 41.0. The van der Waals surface area contributed by atoms with Gasteiger partial charge in [0, 0.05) is 19.2 Å². The molecule has 0 radical (unpaired) electrons. The second kappa shape index (κ2) is 11.2. The lowest BCUT2D eigenvalue weighted by Crippen LogP contribution is -2.46. The molecule has 0 unspecified atom stereocenters. The molecule has 13 nitrogen and oxygen atoms in total. The molecule has 0 aliphatic carbocycles. The molecule has 2 fully saturated rings. The second-order valence-electron chi connectivity index (χ2n) is 7.93. The van der Waals surface area contributed by atoms with Crippen LogP contribution in [0.3, 0.4) is 0 Å². The highest BCUT2D eigenvalue weighted by Gasteiger charge is 2.37. The number of hydrogen-bond acceptors (Lipinski definition) is 11. The van der Waals surface area contributed by atoms with Gasteiger partial charge in [-0.25, -0.2) is 0 Å². The van der Waals surface area contributed by atoms with Crippen LogP contribution in [-0.2, 0) is 24.4 Å². The van der Waals surface area contributed by atoms with Crippen molar-refractivity contribution in [1.82, 2.24) is 9.80 Å². The number of nitro groups is 1. The number of ether oxygens (including phenoxy) is 2. The summed E-state index contributed by atoms with van der Waals surface area (Å²) in [6, 6.07) is 8.78. The summed E-state index contributed by atoms with van der Waals surface area (Å²) in [6.45, 7) is 1.15. The predicted molar refractivity (Wildman–Crippen MR) is 134 cm³/mol. The molecule has 15 heteroatoms. The summed E-state index contributed by atoms with van der Waals surface area (Å²) >= 11 is 0.666. The minimum absolute atomic E-state index is 0.0392. The van der Waals surface area contributed by atoms with Gasteiger partial charge in [-0.2, -0.15) is 8.42 Å². The van der Waals surface area contributed by atoms with Crippen LogP contribution in [0, 0.1) is 10.1 Å². The number of thioether (sulfide) groups is 1. The summed E-state index contributed by atoms with van der Waals surface area (Å²) in [5.74, 6) is -1.28. The molecule has 0 atom stereocenters. The lowest BCUT2D eigenvalue weighted by molar-refractivity contribution is -0.387. The molecule has 2 aromatic rings. The fourth-order valence-corrected chi connectivity index (χ4v) is 5.61. The first-order valence-electron chi connectivity index (χ1n) is 11.1. The van der Waals surface area contributed by atoms with E-state index in [0.717, 1.165) is 17.0 Å². The SMILES string of the molecule is COc1cc(/C=C2\SC(=O)N(CC(=O)N3CCOCC3)C2=O)ccc1OS(=O)(=O)c1ccccc1[N+](=O)[O-]. The van der Waals surface area contributed by atoms with Crippen molar-refractivity contribution >= 4 is 50.7 Å². The van der Waals surface area contributed by atoms with Crippen LogP contribution in [0.5, 0.6) is 11.5 Å². The molecule has 2 aliphatic rings. The van der Waals surface area contributed by atoms with E-state index < -0.39 is 36.8 Å². The van der Waals surface area contributed by atoms with Crippen molar-refractivity contribution in [3.8, 4) is 11.5 Å². The number of para-hydroxylation sites is 1. The molecule has 2 aliphatic heterocycles. The Morgan fingerprint density at radius 1 is 1.16 bits per heavy atom. The number of hydrogen-bond donors (Lipinski definition) is 0. The van der Waals surface area contributed by atoms with Crippen molar-refractivity contribution in [2.75, 3.05) is 40.0 Å². The first-order valence-corrected chi connectivity index (χ1v) is 13.3. The first kappa shape index (κ1) is 27.1. The van der Waals surface area contributed by atoms with Crippen LogP contribution in [0.25, 0.3) is 6.08 Å². The average Bonchev–Trinajstić information content (AvgIpc) is 3.17. The predicted octanol–water partition coefficient (Wildman–Crippen LogP) is 2.27. The van der Waals surface area contributed by atoms with Gasteiger partial charge in [-0.05, 0) is 41.6 Å². The Kier molecular flexibility index (Phi) is 7.99. The maximum absolute atomic E-state index is 12.8. The lowest BCUT2D eigenvalue weighted by atomic mass is 10.2. The average molecular weight is 564 g/mol. The highest BCUT2D eigenvalue weighted by Crippen LogP contribution is 2.36. The van der Waals surface area contributed by atoms with Crippen LogP contribution in [0.1, 0.15) is 5.56 Å². The van der Waals surface area contributed by atoms with Crippen LogP contribution < -0.4 is 8.92 Å². The summed E-state index contributed by atoms with van der Waals surface area (Å²) in [6.07, 6.45) is 1.40. The molecule has 2 aromatic carbocycles. The van der Waals surface area contributed by atoms with E-state index in [0.29, 0.717) is 43.6 Å². The standard InChI is InChI=1S/C23H21N3O10S2/c1-34-18-12-15(6-7-17(18)36-38(32,33)20-5-3-2-4-16(20)26(30)31)13-19-22(28)25(23(29)37-19)14-21(27)24-8-10-35-11-9-24/h2-7,12-13H,8-11,14H2,1H3/b19-13-. The third-order valence-corrected chi connectivity index (χ3v) is 7.74. The minimum Gasteiger partial charge on any atom is -0.493 e. The minimum atomic E-state index is -4.59. The van der Waals surface area contributed by atoms with Gasteiger partial charge in [-0.15, -0.1) is 0 Å². The summed E-state index contributed by atoms with van der Waals surface area (Å²) in [4.78, 5) is 50.0. The Hall–Kier alpha value is -3.95.